The summed E-state index contributed by atoms with van der Waals surface area (Å²) in [6, 6.07) is 14.7. The first-order valence-corrected chi connectivity index (χ1v) is 20.4. The number of rotatable bonds is 6. The third-order valence-corrected chi connectivity index (χ3v) is 12.6. The second-order valence-electron chi connectivity index (χ2n) is 16.9. The van der Waals surface area contributed by atoms with Gasteiger partial charge < -0.3 is 29.7 Å². The number of nitrogens with one attached hydrogen (secondary N) is 3. The van der Waals surface area contributed by atoms with E-state index in [1.807, 2.05) is 55.5 Å². The molecule has 4 aliphatic rings. The van der Waals surface area contributed by atoms with Crippen molar-refractivity contribution in [2.45, 2.75) is 108 Å². The van der Waals surface area contributed by atoms with Gasteiger partial charge in [0, 0.05) is 17.4 Å². The van der Waals surface area contributed by atoms with E-state index in [1.165, 1.54) is 4.90 Å². The fourth-order valence-corrected chi connectivity index (χ4v) is 8.88. The van der Waals surface area contributed by atoms with E-state index in [1.54, 1.807) is 40.7 Å². The monoisotopic (exact) mass is 775 g/mol. The highest BCUT2D eigenvalue weighted by molar-refractivity contribution is 7.91. The molecule has 3 N–H and O–H groups in total. The Kier molecular flexibility index (Phi) is 9.75. The number of carbonyl (C=O) groups is 4. The first-order chi connectivity index (χ1) is 25.9. The van der Waals surface area contributed by atoms with Gasteiger partial charge in [0.15, 0.2) is 0 Å². The van der Waals surface area contributed by atoms with Crippen molar-refractivity contribution >= 4 is 44.7 Å². The quantitative estimate of drug-likeness (QED) is 0.324. The lowest BCUT2D eigenvalue weighted by molar-refractivity contribution is -0.143. The van der Waals surface area contributed by atoms with Gasteiger partial charge in [0.25, 0.3) is 5.91 Å². The summed E-state index contributed by atoms with van der Waals surface area (Å²) in [5.41, 5.74) is -1.16. The number of para-hydroxylation sites is 1. The van der Waals surface area contributed by atoms with E-state index < -0.39 is 73.8 Å². The molecule has 55 heavy (non-hydrogen) atoms. The number of aromatic nitrogens is 1. The van der Waals surface area contributed by atoms with Crippen LogP contribution in [0.2, 0.25) is 0 Å². The molecule has 2 aromatic carbocycles. The maximum absolute atomic E-state index is 14.7. The average Bonchev–Trinajstić information content (AvgIpc) is 4.05. The fraction of sp³-hybridized carbons (Fsp3) is 0.525. The molecule has 3 aromatic rings. The molecule has 14 nitrogen and oxygen atoms in total. The Balaban J connectivity index is 1.27. The van der Waals surface area contributed by atoms with Gasteiger partial charge in [-0.3, -0.25) is 19.1 Å². The van der Waals surface area contributed by atoms with E-state index >= 15 is 0 Å². The van der Waals surface area contributed by atoms with E-state index in [9.17, 15) is 27.6 Å². The van der Waals surface area contributed by atoms with Gasteiger partial charge >= 0.3 is 6.09 Å². The van der Waals surface area contributed by atoms with Crippen molar-refractivity contribution in [1.29, 1.82) is 0 Å². The zero-order chi connectivity index (χ0) is 39.5. The molecule has 0 radical (unpaired) electrons. The average molecular weight is 776 g/mol. The molecule has 1 saturated heterocycles. The van der Waals surface area contributed by atoms with E-state index in [2.05, 4.69) is 15.4 Å². The molecular weight excluding hydrogens is 727 g/mol. The minimum atomic E-state index is -3.88. The largest absolute Gasteiger partial charge is 0.484 e. The number of sulfonamides is 1. The number of carbonyl (C=O) groups excluding carboxylic acids is 4. The highest BCUT2D eigenvalue weighted by atomic mass is 32.2. The van der Waals surface area contributed by atoms with E-state index in [0.717, 1.165) is 10.9 Å². The second kappa shape index (κ2) is 14.0. The number of benzene rings is 2. The number of amides is 4. The van der Waals surface area contributed by atoms with Crippen molar-refractivity contribution < 1.29 is 41.8 Å². The first kappa shape index (κ1) is 38.4. The molecule has 4 amide bonds. The SMILES string of the molecule is CC[C@@H]1CC1(NC(=O)[C@@H]1CC2CN1C(=O)[C@H](C(C)(C)C)NC(=O)OCC(C)(C)Oc1cccc(c1)-c1cc3ccccc3nc1O2)C(=O)NS(=O)(=O)C1CC1. The summed E-state index contributed by atoms with van der Waals surface area (Å²) in [5, 5.41) is 5.86. The molecule has 15 heteroatoms. The third-order valence-electron chi connectivity index (χ3n) is 10.8. The summed E-state index contributed by atoms with van der Waals surface area (Å²) in [6.45, 7) is 10.6. The van der Waals surface area contributed by atoms with Crippen LogP contribution in [0.15, 0.2) is 54.6 Å². The van der Waals surface area contributed by atoms with Crippen molar-refractivity contribution in [3.63, 3.8) is 0 Å². The van der Waals surface area contributed by atoms with Gasteiger partial charge in [-0.15, -0.1) is 0 Å². The van der Waals surface area contributed by atoms with Gasteiger partial charge in [-0.2, -0.15) is 0 Å². The molecule has 5 atom stereocenters. The minimum absolute atomic E-state index is 0.0268. The van der Waals surface area contributed by atoms with Crippen LogP contribution in [0.1, 0.15) is 73.6 Å². The standard InChI is InChI=1S/C40H49N5O9S/c1-7-25-20-40(25,36(48)44-55(50,51)28-15-16-28)43-33(46)31-19-27-21-45(31)35(47)32(38(2,3)4)42-37(49)52-22-39(5,6)54-26-13-10-12-23(17-26)29-18-24-11-8-9-14-30(24)41-34(29)53-27/h8-14,17-18,25,27-28,31-32H,7,15-16,19-22H2,1-6H3,(H,42,49)(H,43,46)(H,44,48)/t25-,27?,31+,32-,40?/m1/s1. The van der Waals surface area contributed by atoms with Crippen LogP contribution in [0.25, 0.3) is 22.0 Å². The number of pyridine rings is 1. The second-order valence-corrected chi connectivity index (χ2v) is 18.8. The Morgan fingerprint density at radius 2 is 1.80 bits per heavy atom. The summed E-state index contributed by atoms with van der Waals surface area (Å²) in [4.78, 5) is 62.3. The summed E-state index contributed by atoms with van der Waals surface area (Å²) in [7, 11) is -3.88. The number of hydrogen-bond acceptors (Lipinski definition) is 10. The van der Waals surface area contributed by atoms with Crippen molar-refractivity contribution in [3.8, 4) is 22.8 Å². The molecule has 7 rings (SSSR count). The lowest BCUT2D eigenvalue weighted by atomic mass is 9.85. The van der Waals surface area contributed by atoms with Crippen molar-refractivity contribution in [3.05, 3.63) is 54.6 Å². The molecule has 2 unspecified atom stereocenters. The maximum Gasteiger partial charge on any atom is 0.407 e. The highest BCUT2D eigenvalue weighted by Crippen LogP contribution is 2.47. The number of fused-ring (bicyclic) bond motifs is 7. The van der Waals surface area contributed by atoms with Crippen LogP contribution in [0.4, 0.5) is 4.79 Å². The topological polar surface area (TPSA) is 182 Å². The van der Waals surface area contributed by atoms with E-state index in [4.69, 9.17) is 19.2 Å². The van der Waals surface area contributed by atoms with Crippen molar-refractivity contribution in [2.75, 3.05) is 13.2 Å². The van der Waals surface area contributed by atoms with Crippen LogP contribution in [-0.4, -0.2) is 89.8 Å². The third kappa shape index (κ3) is 7.94. The first-order valence-electron chi connectivity index (χ1n) is 18.9. The van der Waals surface area contributed by atoms with Crippen LogP contribution in [0.5, 0.6) is 11.6 Å². The number of cyclic esters (lactones) is 1. The Hall–Kier alpha value is -4.92. The van der Waals surface area contributed by atoms with Crippen LogP contribution in [0.3, 0.4) is 0 Å². The van der Waals surface area contributed by atoms with Crippen LogP contribution in [-0.2, 0) is 29.1 Å². The molecule has 2 aliphatic carbocycles. The fourth-order valence-electron chi connectivity index (χ4n) is 7.51. The van der Waals surface area contributed by atoms with Crippen LogP contribution < -0.4 is 24.8 Å². The molecular formula is C40H49N5O9S. The predicted octanol–water partition coefficient (Wildman–Crippen LogP) is 4.46. The van der Waals surface area contributed by atoms with Gasteiger partial charge in [0.2, 0.25) is 27.7 Å². The molecule has 3 heterocycles. The lowest BCUT2D eigenvalue weighted by Crippen LogP contribution is -2.60. The summed E-state index contributed by atoms with van der Waals surface area (Å²) in [5.74, 6) is -1.44. The molecule has 0 spiro atoms. The maximum atomic E-state index is 14.7. The Morgan fingerprint density at radius 1 is 1.05 bits per heavy atom. The Bertz CT molecular complexity index is 2150. The molecule has 1 aromatic heterocycles. The number of hydrogen-bond donors (Lipinski definition) is 3. The zero-order valence-corrected chi connectivity index (χ0v) is 32.8. The highest BCUT2D eigenvalue weighted by Gasteiger charge is 2.62. The summed E-state index contributed by atoms with van der Waals surface area (Å²) < 4.78 is 46.3. The van der Waals surface area contributed by atoms with Gasteiger partial charge in [-0.05, 0) is 74.3 Å². The zero-order valence-electron chi connectivity index (χ0n) is 32.0. The van der Waals surface area contributed by atoms with E-state index in [-0.39, 0.29) is 37.8 Å². The summed E-state index contributed by atoms with van der Waals surface area (Å²) >= 11 is 0. The van der Waals surface area contributed by atoms with Gasteiger partial charge in [-0.25, -0.2) is 18.2 Å². The Labute approximate surface area is 321 Å². The number of ether oxygens (including phenoxy) is 3. The number of nitrogens with zero attached hydrogens (tertiary/aromatic N) is 2. The van der Waals surface area contributed by atoms with Crippen molar-refractivity contribution in [1.82, 2.24) is 25.2 Å². The predicted molar refractivity (Wildman–Crippen MR) is 204 cm³/mol. The van der Waals surface area contributed by atoms with Crippen LogP contribution in [0, 0.1) is 11.3 Å². The minimum Gasteiger partial charge on any atom is -0.484 e. The normalized spacial score (nSPS) is 26.7. The molecule has 294 valence electrons. The molecule has 3 fully saturated rings. The molecule has 2 saturated carbocycles. The smallest absolute Gasteiger partial charge is 0.407 e. The lowest BCUT2D eigenvalue weighted by Gasteiger charge is -2.35. The number of alkyl carbamates (subject to hydrolysis) is 1. The Morgan fingerprint density at radius 3 is 2.49 bits per heavy atom. The molecule has 4 bridgehead atoms. The molecule has 2 aliphatic heterocycles. The van der Waals surface area contributed by atoms with Crippen molar-refractivity contribution in [2.24, 2.45) is 11.3 Å². The van der Waals surface area contributed by atoms with Gasteiger partial charge in [0.1, 0.15) is 41.7 Å². The van der Waals surface area contributed by atoms with Gasteiger partial charge in [0.05, 0.1) is 17.3 Å². The van der Waals surface area contributed by atoms with Gasteiger partial charge in [-0.1, -0.05) is 64.4 Å². The van der Waals surface area contributed by atoms with E-state index in [0.29, 0.717) is 36.1 Å². The summed E-state index contributed by atoms with van der Waals surface area (Å²) in [6.07, 6.45) is 0.170. The van der Waals surface area contributed by atoms with Crippen LogP contribution >= 0.6 is 0 Å².